The number of hydrogen-bond acceptors (Lipinski definition) is 3. The average molecular weight is 601 g/mol. The van der Waals surface area contributed by atoms with Crippen LogP contribution in [0.1, 0.15) is 116 Å². The van der Waals surface area contributed by atoms with E-state index in [-0.39, 0.29) is 11.2 Å². The molecule has 1 aromatic carbocycles. The van der Waals surface area contributed by atoms with Gasteiger partial charge in [-0.05, 0) is 155 Å². The highest BCUT2D eigenvalue weighted by Gasteiger charge is 2.65. The average Bonchev–Trinajstić information content (AvgIpc) is 3.40. The second-order valence-corrected chi connectivity index (χ2v) is 16.8. The van der Waals surface area contributed by atoms with Gasteiger partial charge in [-0.3, -0.25) is 0 Å². The molecule has 244 valence electrons. The number of aliphatic hydroxyl groups excluding tert-OH is 1. The van der Waals surface area contributed by atoms with Crippen molar-refractivity contribution in [1.29, 1.82) is 0 Å². The molecule has 0 bridgehead atoms. The number of fused-ring (bicyclic) bond motifs is 7. The molecule has 2 N–H and O–H groups in total. The number of hydrogen-bond donors (Lipinski definition) is 2. The highest BCUT2D eigenvalue weighted by Crippen LogP contribution is 2.72. The van der Waals surface area contributed by atoms with E-state index in [1.165, 1.54) is 94.9 Å². The molecule has 8 atom stereocenters. The Labute approximate surface area is 270 Å². The van der Waals surface area contributed by atoms with Crippen molar-refractivity contribution in [3.63, 3.8) is 0 Å². The molecule has 0 spiro atoms. The van der Waals surface area contributed by atoms with E-state index < -0.39 is 0 Å². The molecule has 44 heavy (non-hydrogen) atoms. The van der Waals surface area contributed by atoms with Crippen LogP contribution in [0, 0.1) is 45.8 Å². The lowest BCUT2D eigenvalue weighted by Crippen LogP contribution is -2.63. The fourth-order valence-electron chi connectivity index (χ4n) is 12.2. The highest BCUT2D eigenvalue weighted by atomic mass is 16.3. The minimum Gasteiger partial charge on any atom is -0.508 e. The Hall–Kier alpha value is -1.84. The second kappa shape index (κ2) is 12.7. The van der Waals surface area contributed by atoms with Crippen LogP contribution in [0.2, 0.25) is 0 Å². The summed E-state index contributed by atoms with van der Waals surface area (Å²) in [7, 11) is 4.40. The maximum Gasteiger partial charge on any atom is 0.115 e. The monoisotopic (exact) mass is 601 g/mol. The molecule has 3 heteroatoms. The van der Waals surface area contributed by atoms with E-state index in [0.29, 0.717) is 22.3 Å². The molecule has 4 saturated carbocycles. The van der Waals surface area contributed by atoms with Gasteiger partial charge in [-0.1, -0.05) is 77.1 Å². The molecule has 5 aliphatic carbocycles. The molecule has 1 aromatic rings. The standard InChI is InChI=1S/C38H58N2O.C3H6/c1-26(41)27-11-13-28(14-12-27)30-17-21-37(5)33(35(30,2)3)19-22-36(4)31-18-23-38(39-24-9-25-40(6)7)20-8-10-32(38)29(31)15-16-34(36)37;1-3-2/h11-14,17,29,31-34,39,41H,1,8-10,15-16,18-25H2,2-7H3;3H,1H2,2H3. The number of allylic oxidation sites excluding steroid dienone is 3. The number of aliphatic hydroxyl groups is 1. The molecule has 0 heterocycles. The van der Waals surface area contributed by atoms with E-state index in [1.54, 1.807) is 6.08 Å². The maximum absolute atomic E-state index is 9.85. The molecule has 0 aromatic heterocycles. The lowest BCUT2D eigenvalue weighted by atomic mass is 9.37. The third-order valence-corrected chi connectivity index (χ3v) is 13.9. The highest BCUT2D eigenvalue weighted by molar-refractivity contribution is 5.73. The van der Waals surface area contributed by atoms with Gasteiger partial charge in [-0.2, -0.15) is 0 Å². The van der Waals surface area contributed by atoms with E-state index in [2.05, 4.69) is 83.4 Å². The minimum absolute atomic E-state index is 0.145. The number of nitrogens with one attached hydrogen (secondary N) is 1. The van der Waals surface area contributed by atoms with Crippen LogP contribution in [-0.2, 0) is 0 Å². The van der Waals surface area contributed by atoms with Crippen molar-refractivity contribution in [3.8, 4) is 0 Å². The van der Waals surface area contributed by atoms with Crippen LogP contribution in [0.25, 0.3) is 11.3 Å². The quantitative estimate of drug-likeness (QED) is 0.186. The number of rotatable bonds is 7. The van der Waals surface area contributed by atoms with Gasteiger partial charge >= 0.3 is 0 Å². The Morgan fingerprint density at radius 1 is 0.932 bits per heavy atom. The van der Waals surface area contributed by atoms with Gasteiger partial charge in [0.2, 0.25) is 0 Å². The smallest absolute Gasteiger partial charge is 0.115 e. The summed E-state index contributed by atoms with van der Waals surface area (Å²) in [6, 6.07) is 8.47. The first-order valence-electron chi connectivity index (χ1n) is 18.0. The molecular weight excluding hydrogens is 536 g/mol. The summed E-state index contributed by atoms with van der Waals surface area (Å²) in [6.45, 7) is 21.9. The van der Waals surface area contributed by atoms with Crippen LogP contribution in [0.15, 0.2) is 49.6 Å². The summed E-state index contributed by atoms with van der Waals surface area (Å²) < 4.78 is 0. The zero-order valence-electron chi connectivity index (χ0n) is 29.4. The SMILES string of the molecule is C=C(O)c1ccc(C2=CCC3(C)C(CCC4(C)C5CCC6(NCCCN(C)C)CCCC6C5CCC43)C2(C)C)cc1.C=CC. The van der Waals surface area contributed by atoms with Gasteiger partial charge in [0.25, 0.3) is 0 Å². The van der Waals surface area contributed by atoms with Crippen LogP contribution in [0.3, 0.4) is 0 Å². The summed E-state index contributed by atoms with van der Waals surface area (Å²) in [5.74, 6) is 4.43. The molecule has 5 aliphatic rings. The second-order valence-electron chi connectivity index (χ2n) is 16.8. The van der Waals surface area contributed by atoms with Crippen molar-refractivity contribution < 1.29 is 5.11 Å². The number of nitrogens with zero attached hydrogens (tertiary/aromatic N) is 1. The summed E-state index contributed by atoms with van der Waals surface area (Å²) >= 11 is 0. The lowest BCUT2D eigenvalue weighted by molar-refractivity contribution is -0.172. The normalized spacial score (nSPS) is 38.6. The third-order valence-electron chi connectivity index (χ3n) is 13.9. The minimum atomic E-state index is 0.145. The van der Waals surface area contributed by atoms with Gasteiger partial charge in [-0.15, -0.1) is 6.58 Å². The Balaban J connectivity index is 0.00000123. The first-order valence-corrected chi connectivity index (χ1v) is 18.0. The summed E-state index contributed by atoms with van der Waals surface area (Å²) in [5, 5.41) is 14.1. The van der Waals surface area contributed by atoms with Gasteiger partial charge in [0.1, 0.15) is 5.76 Å². The molecule has 6 rings (SSSR count). The van der Waals surface area contributed by atoms with Crippen LogP contribution in [-0.4, -0.2) is 42.7 Å². The van der Waals surface area contributed by atoms with Gasteiger partial charge < -0.3 is 15.3 Å². The van der Waals surface area contributed by atoms with Crippen molar-refractivity contribution in [2.45, 2.75) is 111 Å². The van der Waals surface area contributed by atoms with E-state index >= 15 is 0 Å². The largest absolute Gasteiger partial charge is 0.508 e. The Morgan fingerprint density at radius 3 is 2.30 bits per heavy atom. The molecule has 0 radical (unpaired) electrons. The van der Waals surface area contributed by atoms with Gasteiger partial charge in [0, 0.05) is 11.1 Å². The maximum atomic E-state index is 9.85. The van der Waals surface area contributed by atoms with Crippen LogP contribution in [0.4, 0.5) is 0 Å². The Kier molecular flexibility index (Phi) is 9.71. The predicted octanol–water partition coefficient (Wildman–Crippen LogP) is 10.2. The fourth-order valence-corrected chi connectivity index (χ4v) is 12.2. The molecule has 0 aliphatic heterocycles. The first kappa shape index (κ1) is 33.5. The third kappa shape index (κ3) is 5.68. The molecule has 4 fully saturated rings. The topological polar surface area (TPSA) is 35.5 Å². The van der Waals surface area contributed by atoms with Crippen molar-refractivity contribution in [2.75, 3.05) is 27.2 Å². The van der Waals surface area contributed by atoms with E-state index in [4.69, 9.17) is 0 Å². The van der Waals surface area contributed by atoms with Crippen molar-refractivity contribution in [1.82, 2.24) is 10.2 Å². The van der Waals surface area contributed by atoms with E-state index in [0.717, 1.165) is 29.2 Å². The van der Waals surface area contributed by atoms with Crippen molar-refractivity contribution in [3.05, 3.63) is 60.7 Å². The summed E-state index contributed by atoms with van der Waals surface area (Å²) in [6.07, 6.45) is 19.7. The summed E-state index contributed by atoms with van der Waals surface area (Å²) in [5.41, 5.74) is 5.09. The molecular formula is C41H64N2O. The van der Waals surface area contributed by atoms with Crippen LogP contribution >= 0.6 is 0 Å². The Morgan fingerprint density at radius 2 is 1.64 bits per heavy atom. The van der Waals surface area contributed by atoms with E-state index in [1.807, 2.05) is 19.1 Å². The van der Waals surface area contributed by atoms with Crippen molar-refractivity contribution >= 4 is 11.3 Å². The Bertz CT molecular complexity index is 1210. The fraction of sp³-hybridized carbons (Fsp3) is 0.707. The van der Waals surface area contributed by atoms with E-state index in [9.17, 15) is 5.11 Å². The van der Waals surface area contributed by atoms with Crippen molar-refractivity contribution in [2.24, 2.45) is 45.8 Å². The summed E-state index contributed by atoms with van der Waals surface area (Å²) in [4.78, 5) is 2.33. The molecule has 0 saturated heterocycles. The van der Waals surface area contributed by atoms with Crippen LogP contribution in [0.5, 0.6) is 0 Å². The van der Waals surface area contributed by atoms with Gasteiger partial charge in [0.15, 0.2) is 0 Å². The molecule has 0 amide bonds. The molecule has 3 nitrogen and oxygen atoms in total. The number of benzene rings is 1. The first-order chi connectivity index (χ1) is 20.8. The zero-order valence-corrected chi connectivity index (χ0v) is 29.4. The zero-order chi connectivity index (χ0) is 31.9. The van der Waals surface area contributed by atoms with Gasteiger partial charge in [0.05, 0.1) is 0 Å². The predicted molar refractivity (Wildman–Crippen MR) is 189 cm³/mol. The lowest BCUT2D eigenvalue weighted by Gasteiger charge is -2.68. The van der Waals surface area contributed by atoms with Crippen LogP contribution < -0.4 is 5.32 Å². The molecule has 8 unspecified atom stereocenters. The van der Waals surface area contributed by atoms with Gasteiger partial charge in [-0.25, -0.2) is 0 Å².